The van der Waals surface area contributed by atoms with E-state index >= 15 is 0 Å². The minimum atomic E-state index is -1.84. The van der Waals surface area contributed by atoms with Gasteiger partial charge in [0.15, 0.2) is 18.2 Å². The SMILES string of the molecule is CCC(C)[C@H]1OC2(C=C[C@@H]1C)C[C@@H]1C[C@@H](C/C=C(\C)[C@@H](OC3C[C@H](OC)[C@@H](OC(=O)Cc4cccs4)[C@H](C)O3)[C@@H](C)/C=C/C=C3\CO[C@@H]4[C@H](O)C(C)=CC(C(=O)O1)[C@]34O)O2. The molecule has 5 aliphatic heterocycles. The molecular weight excluding hydrogens is 789 g/mol. The highest BCUT2D eigenvalue weighted by Gasteiger charge is 2.60. The van der Waals surface area contributed by atoms with Crippen molar-refractivity contribution in [2.24, 2.45) is 23.7 Å². The normalized spacial score (nSPS) is 43.7. The van der Waals surface area contributed by atoms with Gasteiger partial charge in [-0.05, 0) is 67.4 Å². The summed E-state index contributed by atoms with van der Waals surface area (Å²) in [6, 6.07) is 3.82. The second kappa shape index (κ2) is 18.8. The van der Waals surface area contributed by atoms with E-state index in [1.807, 2.05) is 56.5 Å². The fourth-order valence-electron chi connectivity index (χ4n) is 9.78. The Morgan fingerprint density at radius 1 is 1.08 bits per heavy atom. The molecule has 330 valence electrons. The fraction of sp³-hybridized carbons (Fsp3) is 0.660. The van der Waals surface area contributed by atoms with Crippen LogP contribution in [-0.4, -0.2) is 108 Å². The van der Waals surface area contributed by atoms with Crippen molar-refractivity contribution in [2.45, 2.75) is 160 Å². The number of fused-ring (bicyclic) bond motifs is 2. The maximum atomic E-state index is 14.3. The van der Waals surface area contributed by atoms with Gasteiger partial charge in [-0.1, -0.05) is 76.6 Å². The number of esters is 2. The third-order valence-corrected chi connectivity index (χ3v) is 14.3. The Morgan fingerprint density at radius 2 is 1.88 bits per heavy atom. The maximum Gasteiger partial charge on any atom is 0.316 e. The molecule has 6 heterocycles. The van der Waals surface area contributed by atoms with E-state index in [0.29, 0.717) is 36.8 Å². The number of aliphatic hydroxyl groups excluding tert-OH is 1. The zero-order valence-corrected chi connectivity index (χ0v) is 37.0. The summed E-state index contributed by atoms with van der Waals surface area (Å²) in [4.78, 5) is 28.2. The van der Waals surface area contributed by atoms with Crippen LogP contribution >= 0.6 is 11.3 Å². The van der Waals surface area contributed by atoms with Crippen LogP contribution in [0.15, 0.2) is 76.8 Å². The van der Waals surface area contributed by atoms with E-state index in [-0.39, 0.29) is 49.0 Å². The summed E-state index contributed by atoms with van der Waals surface area (Å²) in [5.74, 6) is -2.91. The summed E-state index contributed by atoms with van der Waals surface area (Å²) < 4.78 is 51.2. The molecule has 60 heavy (non-hydrogen) atoms. The van der Waals surface area contributed by atoms with Gasteiger partial charge in [0.25, 0.3) is 0 Å². The summed E-state index contributed by atoms with van der Waals surface area (Å²) in [6.45, 7) is 14.2. The molecule has 7 rings (SSSR count). The highest BCUT2D eigenvalue weighted by Crippen LogP contribution is 2.47. The molecule has 13 heteroatoms. The monoisotopic (exact) mass is 852 g/mol. The molecule has 1 aromatic heterocycles. The van der Waals surface area contributed by atoms with Crippen LogP contribution in [0.4, 0.5) is 0 Å². The van der Waals surface area contributed by atoms with E-state index in [1.54, 1.807) is 26.2 Å². The predicted molar refractivity (Wildman–Crippen MR) is 225 cm³/mol. The van der Waals surface area contributed by atoms with Crippen molar-refractivity contribution in [1.82, 2.24) is 0 Å². The van der Waals surface area contributed by atoms with Gasteiger partial charge < -0.3 is 48.1 Å². The van der Waals surface area contributed by atoms with E-state index in [0.717, 1.165) is 16.9 Å². The molecule has 3 saturated heterocycles. The van der Waals surface area contributed by atoms with Gasteiger partial charge in [0.05, 0.1) is 37.4 Å². The summed E-state index contributed by atoms with van der Waals surface area (Å²) in [5.41, 5.74) is 0.117. The Kier molecular flexibility index (Phi) is 14.1. The standard InChI is InChI=1S/C47H64O12S/c1-9-26(2)42-29(5)17-18-46(59-42)24-34-21-33(58-46)16-15-28(4)41(57-39-23-37(52-8)43(31(7)54-39)56-38(48)22-35-14-11-19-60-35)27(3)12-10-13-32-25-53-44-40(49)30(6)20-36(45(50)55-34)47(32,44)51/h10-15,17-20,26-27,29,31,33-34,36-37,39-44,49,51H,9,16,21-25H2,1-8H3/b12-10+,28-15+,32-13+/t26?,27-,29-,31-,33+,34-,36?,37-,39?,40+,41-,42+,43-,44+,46?,47+/m0/s1. The molecular formula is C47H64O12S. The van der Waals surface area contributed by atoms with Crippen molar-refractivity contribution in [2.75, 3.05) is 13.7 Å². The molecule has 0 saturated carbocycles. The van der Waals surface area contributed by atoms with E-state index in [9.17, 15) is 19.8 Å². The van der Waals surface area contributed by atoms with Crippen molar-refractivity contribution in [3.05, 3.63) is 81.6 Å². The first-order valence-electron chi connectivity index (χ1n) is 21.7. The van der Waals surface area contributed by atoms with Crippen LogP contribution in [0.3, 0.4) is 0 Å². The summed E-state index contributed by atoms with van der Waals surface area (Å²) >= 11 is 1.51. The quantitative estimate of drug-likeness (QED) is 0.212. The molecule has 2 N–H and O–H groups in total. The van der Waals surface area contributed by atoms with Gasteiger partial charge in [0.1, 0.15) is 35.9 Å². The molecule has 12 nitrogen and oxygen atoms in total. The molecule has 0 amide bonds. The molecule has 0 radical (unpaired) electrons. The van der Waals surface area contributed by atoms with Gasteiger partial charge in [0.2, 0.25) is 0 Å². The van der Waals surface area contributed by atoms with Gasteiger partial charge in [-0.25, -0.2) is 0 Å². The van der Waals surface area contributed by atoms with Crippen LogP contribution in [0, 0.1) is 23.7 Å². The number of ether oxygens (including phenoxy) is 8. The molecule has 0 aromatic carbocycles. The molecule has 4 unspecified atom stereocenters. The van der Waals surface area contributed by atoms with Crippen molar-refractivity contribution in [1.29, 1.82) is 0 Å². The summed E-state index contributed by atoms with van der Waals surface area (Å²) in [7, 11) is 1.60. The van der Waals surface area contributed by atoms with Gasteiger partial charge in [0, 0.05) is 43.1 Å². The molecule has 3 fully saturated rings. The summed E-state index contributed by atoms with van der Waals surface area (Å²) in [5, 5.41) is 25.6. The van der Waals surface area contributed by atoms with E-state index in [2.05, 4.69) is 32.9 Å². The zero-order valence-electron chi connectivity index (χ0n) is 36.2. The second-order valence-electron chi connectivity index (χ2n) is 17.8. The number of allylic oxidation sites excluding steroid dienone is 2. The Bertz CT molecular complexity index is 1840. The van der Waals surface area contributed by atoms with Gasteiger partial charge >= 0.3 is 11.9 Å². The lowest BCUT2D eigenvalue weighted by Crippen LogP contribution is -2.58. The third kappa shape index (κ3) is 9.35. The first-order chi connectivity index (χ1) is 28.6. The number of carbonyl (C=O) groups is 2. The largest absolute Gasteiger partial charge is 0.462 e. The molecule has 1 spiro atoms. The molecule has 1 aliphatic carbocycles. The van der Waals surface area contributed by atoms with Crippen LogP contribution in [0.1, 0.15) is 85.4 Å². The predicted octanol–water partition coefficient (Wildman–Crippen LogP) is 6.70. The topological polar surface area (TPSA) is 148 Å². The van der Waals surface area contributed by atoms with Crippen molar-refractivity contribution < 1.29 is 57.7 Å². The number of hydrogen-bond acceptors (Lipinski definition) is 13. The minimum absolute atomic E-state index is 0.0300. The Hall–Kier alpha value is -2.98. The average Bonchev–Trinajstić information content (AvgIpc) is 3.86. The minimum Gasteiger partial charge on any atom is -0.462 e. The van der Waals surface area contributed by atoms with Crippen molar-refractivity contribution in [3.8, 4) is 0 Å². The zero-order chi connectivity index (χ0) is 42.9. The number of thiophene rings is 1. The number of rotatable bonds is 8. The Balaban J connectivity index is 1.19. The number of methoxy groups -OCH3 is 1. The fourth-order valence-corrected chi connectivity index (χ4v) is 10.5. The van der Waals surface area contributed by atoms with Crippen molar-refractivity contribution >= 4 is 23.3 Å². The van der Waals surface area contributed by atoms with E-state index < -0.39 is 72.3 Å². The second-order valence-corrected chi connectivity index (χ2v) is 18.8. The first-order valence-corrected chi connectivity index (χ1v) is 22.6. The van der Waals surface area contributed by atoms with Gasteiger partial charge in [-0.3, -0.25) is 9.59 Å². The average molecular weight is 853 g/mol. The van der Waals surface area contributed by atoms with Crippen LogP contribution < -0.4 is 0 Å². The van der Waals surface area contributed by atoms with Crippen molar-refractivity contribution in [3.63, 3.8) is 0 Å². The number of carbonyl (C=O) groups excluding carboxylic acids is 2. The molecule has 6 aliphatic rings. The smallest absolute Gasteiger partial charge is 0.316 e. The third-order valence-electron chi connectivity index (χ3n) is 13.4. The lowest BCUT2D eigenvalue weighted by atomic mass is 9.71. The highest BCUT2D eigenvalue weighted by molar-refractivity contribution is 7.10. The van der Waals surface area contributed by atoms with Crippen LogP contribution in [0.25, 0.3) is 0 Å². The lowest BCUT2D eigenvalue weighted by Gasteiger charge is -2.48. The van der Waals surface area contributed by atoms with Gasteiger partial charge in [-0.15, -0.1) is 11.3 Å². The van der Waals surface area contributed by atoms with E-state index in [1.165, 1.54) is 11.3 Å². The van der Waals surface area contributed by atoms with Gasteiger partial charge in [-0.2, -0.15) is 0 Å². The highest BCUT2D eigenvalue weighted by atomic mass is 32.1. The molecule has 16 atom stereocenters. The first kappa shape index (κ1) is 45.1. The summed E-state index contributed by atoms with van der Waals surface area (Å²) in [6.07, 6.45) is 10.2. The maximum absolute atomic E-state index is 14.3. The van der Waals surface area contributed by atoms with E-state index in [4.69, 9.17) is 37.9 Å². The van der Waals surface area contributed by atoms with Crippen LogP contribution in [-0.2, 0) is 53.9 Å². The lowest BCUT2D eigenvalue weighted by molar-refractivity contribution is -0.300. The Labute approximate surface area is 358 Å². The number of hydrogen-bond donors (Lipinski definition) is 2. The Morgan fingerprint density at radius 3 is 2.62 bits per heavy atom. The molecule has 1 aromatic rings. The molecule has 2 bridgehead atoms. The van der Waals surface area contributed by atoms with Crippen LogP contribution in [0.2, 0.25) is 0 Å². The number of aliphatic hydroxyl groups is 2. The van der Waals surface area contributed by atoms with Crippen LogP contribution in [0.5, 0.6) is 0 Å².